The molecule has 6 aliphatic heterocycles. The number of carbonyl (C=O) groups excluding carboxylic acids is 2. The van der Waals surface area contributed by atoms with Gasteiger partial charge in [-0.3, -0.25) is 38.8 Å². The summed E-state index contributed by atoms with van der Waals surface area (Å²) in [6, 6.07) is 11.6. The van der Waals surface area contributed by atoms with Crippen molar-refractivity contribution in [3.8, 4) is 35.4 Å². The van der Waals surface area contributed by atoms with Crippen LogP contribution < -0.4 is 30.9 Å². The first-order valence-electron chi connectivity index (χ1n) is 27.6. The lowest BCUT2D eigenvalue weighted by Gasteiger charge is -2.48. The third-order valence-corrected chi connectivity index (χ3v) is 17.7. The summed E-state index contributed by atoms with van der Waals surface area (Å²) >= 11 is 0. The van der Waals surface area contributed by atoms with Crippen LogP contribution in [-0.4, -0.2) is 158 Å². The maximum atomic E-state index is 17.1. The number of aromatic nitrogens is 5. The lowest BCUT2D eigenvalue weighted by atomic mass is 9.91. The molecule has 17 nitrogen and oxygen atoms in total. The van der Waals surface area contributed by atoms with Gasteiger partial charge in [0, 0.05) is 119 Å². The zero-order valence-corrected chi connectivity index (χ0v) is 44.2. The molecule has 6 saturated heterocycles. The van der Waals surface area contributed by atoms with E-state index in [1.165, 1.54) is 37.1 Å². The molecule has 0 saturated carbocycles. The number of aryl methyl sites for hydroxylation is 1. The number of nitrogens with zero attached hydrogens (tertiary/aromatic N) is 10. The van der Waals surface area contributed by atoms with Gasteiger partial charge in [0.05, 0.1) is 22.0 Å². The number of rotatable bonds is 12. The Kier molecular flexibility index (Phi) is 13.6. The van der Waals surface area contributed by atoms with Gasteiger partial charge in [-0.15, -0.1) is 6.42 Å². The Morgan fingerprint density at radius 2 is 1.58 bits per heavy atom. The summed E-state index contributed by atoms with van der Waals surface area (Å²) in [5.41, 5.74) is 2.27. The van der Waals surface area contributed by atoms with E-state index in [2.05, 4.69) is 77.0 Å². The van der Waals surface area contributed by atoms with Crippen molar-refractivity contribution in [2.45, 2.75) is 88.9 Å². The number of ether oxygens (including phenoxy) is 1. The van der Waals surface area contributed by atoms with E-state index in [4.69, 9.17) is 16.1 Å². The molecule has 3 unspecified atom stereocenters. The summed E-state index contributed by atoms with van der Waals surface area (Å²) in [7, 11) is 1.74. The van der Waals surface area contributed by atoms with Crippen LogP contribution in [0, 0.1) is 35.8 Å². The number of hydrogen-bond donors (Lipinski definition) is 3. The van der Waals surface area contributed by atoms with E-state index in [0.717, 1.165) is 95.8 Å². The lowest BCUT2D eigenvalue weighted by molar-refractivity contribution is -0.135. The summed E-state index contributed by atoms with van der Waals surface area (Å²) in [4.78, 5) is 64.4. The molecule has 3 aromatic heterocycles. The highest BCUT2D eigenvalue weighted by Crippen LogP contribution is 2.40. The summed E-state index contributed by atoms with van der Waals surface area (Å²) < 4.78 is 41.7. The summed E-state index contributed by atoms with van der Waals surface area (Å²) in [5.74, 6) is 2.05. The minimum atomic E-state index is -0.736. The molecule has 3 aromatic carbocycles. The SMILES string of the molecule is C#Cc1c(F)ccc2cc(O)cc(-c3ncc4c(N5CC6CCC(C5)N6)nc(OCCN5CCN(CC6CCN(CC7CCN(c8ccc9c(c8)n(C)c(=O)n9C8CCC(=O)NC8=O)CC7)CC6)CC5(C)C)nc4c3F)c12. The molecule has 0 radical (unpaired) electrons. The molecule has 6 fully saturated rings. The van der Waals surface area contributed by atoms with E-state index < -0.39 is 23.6 Å². The van der Waals surface area contributed by atoms with Crippen LogP contribution in [0.15, 0.2) is 53.5 Å². The summed E-state index contributed by atoms with van der Waals surface area (Å²) in [6.07, 6.45) is 14.6. The Bertz CT molecular complexity index is 3380. The third-order valence-electron chi connectivity index (χ3n) is 17.7. The number of phenols is 1. The molecule has 3 atom stereocenters. The fourth-order valence-electron chi connectivity index (χ4n) is 13.6. The highest BCUT2D eigenvalue weighted by molar-refractivity contribution is 6.03. The molecule has 77 heavy (non-hydrogen) atoms. The van der Waals surface area contributed by atoms with Crippen molar-refractivity contribution in [2.24, 2.45) is 18.9 Å². The number of anilines is 2. The third kappa shape index (κ3) is 9.87. The van der Waals surface area contributed by atoms with Gasteiger partial charge in [0.2, 0.25) is 11.8 Å². The standard InChI is InChI=1S/C58H68F2N12O5/c1-5-42-45(59)10-6-37-26-41(73)28-43(50(37)42)52-51(60)53-44(29-61-52)54(70-32-38-7-8-39(33-70)62-38)65-56(64-53)77-25-24-71-23-22-68(34-58(71,2)3)31-35-14-18-67(19-15-35)30-36-16-20-69(21-17-36)40-9-11-46-48(27-40)66(4)57(76)72(46)47-12-13-49(74)63-55(47)75/h1,6,9-11,26-29,35-36,38-39,47,62,73H,7-8,12-25,30-34H2,2-4H3,(H,63,74,75). The first-order chi connectivity index (χ1) is 37.2. The van der Waals surface area contributed by atoms with Gasteiger partial charge in [0.1, 0.15) is 41.2 Å². The molecule has 0 spiro atoms. The molecule has 3 N–H and O–H groups in total. The molecule has 2 bridgehead atoms. The molecular weight excluding hydrogens is 983 g/mol. The Morgan fingerprint density at radius 3 is 2.31 bits per heavy atom. The predicted octanol–water partition coefficient (Wildman–Crippen LogP) is 5.79. The highest BCUT2D eigenvalue weighted by Gasteiger charge is 2.38. The van der Waals surface area contributed by atoms with Crippen LogP contribution in [-0.2, 0) is 16.6 Å². The van der Waals surface area contributed by atoms with Gasteiger partial charge in [-0.1, -0.05) is 12.0 Å². The Hall–Kier alpha value is -6.72. The first kappa shape index (κ1) is 51.1. The first-order valence-corrected chi connectivity index (χ1v) is 27.6. The molecule has 6 aromatic rings. The molecule has 19 heteroatoms. The number of hydrogen-bond acceptors (Lipinski definition) is 14. The molecule has 404 valence electrons. The second-order valence-electron chi connectivity index (χ2n) is 23.1. The summed E-state index contributed by atoms with van der Waals surface area (Å²) in [5, 5.41) is 17.9. The second-order valence-corrected chi connectivity index (χ2v) is 23.1. The quantitative estimate of drug-likeness (QED) is 0.0996. The number of likely N-dealkylation sites (tertiary alicyclic amines) is 1. The molecule has 12 rings (SSSR count). The second kappa shape index (κ2) is 20.6. The number of imidazole rings is 1. The van der Waals surface area contributed by atoms with Gasteiger partial charge in [0.15, 0.2) is 5.82 Å². The smallest absolute Gasteiger partial charge is 0.329 e. The normalized spacial score (nSPS) is 23.1. The van der Waals surface area contributed by atoms with Gasteiger partial charge in [0.25, 0.3) is 0 Å². The maximum absolute atomic E-state index is 17.1. The van der Waals surface area contributed by atoms with Crippen molar-refractivity contribution < 1.29 is 28.2 Å². The van der Waals surface area contributed by atoms with Gasteiger partial charge < -0.3 is 29.9 Å². The largest absolute Gasteiger partial charge is 0.508 e. The van der Waals surface area contributed by atoms with Crippen molar-refractivity contribution in [3.05, 3.63) is 76.3 Å². The Morgan fingerprint density at radius 1 is 0.844 bits per heavy atom. The molecule has 0 aliphatic carbocycles. The lowest BCUT2D eigenvalue weighted by Crippen LogP contribution is -2.60. The van der Waals surface area contributed by atoms with Crippen LogP contribution in [0.3, 0.4) is 0 Å². The van der Waals surface area contributed by atoms with Crippen LogP contribution in [0.1, 0.15) is 76.8 Å². The van der Waals surface area contributed by atoms with Crippen LogP contribution in [0.2, 0.25) is 0 Å². The topological polar surface area (TPSA) is 169 Å². The molecule has 9 heterocycles. The number of amides is 2. The van der Waals surface area contributed by atoms with E-state index in [1.54, 1.807) is 22.4 Å². The Labute approximate surface area is 446 Å². The number of halogens is 2. The zero-order chi connectivity index (χ0) is 53.3. The Balaban J connectivity index is 0.644. The minimum Gasteiger partial charge on any atom is -0.508 e. The average molecular weight is 1050 g/mol. The van der Waals surface area contributed by atoms with Gasteiger partial charge in [-0.2, -0.15) is 9.97 Å². The summed E-state index contributed by atoms with van der Waals surface area (Å²) in [6.45, 7) is 16.1. The average Bonchev–Trinajstić information content (AvgIpc) is 3.94. The fraction of sp³-hybridized carbons (Fsp3) is 0.517. The molecular formula is C58H68F2N12O5. The van der Waals surface area contributed by atoms with Crippen LogP contribution >= 0.6 is 0 Å². The zero-order valence-electron chi connectivity index (χ0n) is 44.2. The van der Waals surface area contributed by atoms with Crippen molar-refractivity contribution >= 4 is 56.0 Å². The van der Waals surface area contributed by atoms with Crippen molar-refractivity contribution in [3.63, 3.8) is 0 Å². The number of phenolic OH excluding ortho intramolecular Hbond substituents is 1. The fourth-order valence-corrected chi connectivity index (χ4v) is 13.6. The molecule has 2 amide bonds. The van der Waals surface area contributed by atoms with E-state index in [9.17, 15) is 19.5 Å². The number of pyridine rings is 1. The van der Waals surface area contributed by atoms with Crippen LogP contribution in [0.4, 0.5) is 20.3 Å². The number of piperazine rings is 2. The van der Waals surface area contributed by atoms with Gasteiger partial charge in [-0.05, 0) is 126 Å². The van der Waals surface area contributed by atoms with Crippen molar-refractivity contribution in [2.75, 3.05) is 94.9 Å². The number of piperidine rings is 3. The van der Waals surface area contributed by atoms with Crippen LogP contribution in [0.25, 0.3) is 44.0 Å². The van der Waals surface area contributed by atoms with E-state index in [-0.39, 0.29) is 63.0 Å². The van der Waals surface area contributed by atoms with E-state index in [1.807, 2.05) is 6.07 Å². The van der Waals surface area contributed by atoms with E-state index in [0.29, 0.717) is 78.7 Å². The van der Waals surface area contributed by atoms with Gasteiger partial charge >= 0.3 is 11.7 Å². The number of carbonyl (C=O) groups is 2. The van der Waals surface area contributed by atoms with Crippen molar-refractivity contribution in [1.29, 1.82) is 0 Å². The number of imide groups is 1. The minimum absolute atomic E-state index is 0.0297. The monoisotopic (exact) mass is 1050 g/mol. The maximum Gasteiger partial charge on any atom is 0.329 e. The predicted molar refractivity (Wildman–Crippen MR) is 292 cm³/mol. The number of fused-ring (bicyclic) bond motifs is 5. The van der Waals surface area contributed by atoms with Crippen LogP contribution in [0.5, 0.6) is 11.8 Å². The molecule has 6 aliphatic rings. The van der Waals surface area contributed by atoms with Crippen molar-refractivity contribution in [1.82, 2.24) is 49.4 Å². The number of terminal acetylenes is 1. The van der Waals surface area contributed by atoms with E-state index >= 15 is 8.78 Å². The number of nitrogens with one attached hydrogen (secondary N) is 2. The number of benzene rings is 3. The van der Waals surface area contributed by atoms with Gasteiger partial charge in [-0.25, -0.2) is 13.6 Å². The highest BCUT2D eigenvalue weighted by atomic mass is 19.1. The number of aromatic hydroxyl groups is 1.